The van der Waals surface area contributed by atoms with E-state index in [4.69, 9.17) is 27.9 Å². The van der Waals surface area contributed by atoms with E-state index in [-0.39, 0.29) is 20.4 Å². The Balaban J connectivity index is 1.60. The Hall–Kier alpha value is -2.39. The van der Waals surface area contributed by atoms with Crippen molar-refractivity contribution < 1.29 is 22.7 Å². The van der Waals surface area contributed by atoms with Crippen molar-refractivity contribution in [3.05, 3.63) is 81.1 Å². The van der Waals surface area contributed by atoms with Crippen molar-refractivity contribution in [2.45, 2.75) is 4.21 Å². The van der Waals surface area contributed by atoms with Crippen LogP contribution in [0.4, 0.5) is 5.69 Å². The number of nitrogens with one attached hydrogen (secondary N) is 1. The lowest BCUT2D eigenvalue weighted by Gasteiger charge is -2.08. The number of hydrogen-bond donors (Lipinski definition) is 1. The monoisotopic (exact) mass is 469 g/mol. The molecule has 0 amide bonds. The van der Waals surface area contributed by atoms with E-state index in [0.717, 1.165) is 11.3 Å². The molecule has 29 heavy (non-hydrogen) atoms. The molecule has 3 rings (SSSR count). The minimum atomic E-state index is -3.67. The fourth-order valence-electron chi connectivity index (χ4n) is 2.26. The first-order chi connectivity index (χ1) is 13.8. The van der Waals surface area contributed by atoms with Crippen LogP contribution >= 0.6 is 34.5 Å². The lowest BCUT2D eigenvalue weighted by atomic mass is 10.1. The predicted molar refractivity (Wildman–Crippen MR) is 113 cm³/mol. The maximum Gasteiger partial charge on any atom is 0.338 e. The number of esters is 1. The van der Waals surface area contributed by atoms with Gasteiger partial charge in [-0.3, -0.25) is 9.52 Å². The third-order valence-electron chi connectivity index (χ3n) is 3.71. The number of ketones is 1. The van der Waals surface area contributed by atoms with Crippen molar-refractivity contribution in [1.82, 2.24) is 0 Å². The molecule has 3 aromatic rings. The number of sulfonamides is 1. The lowest BCUT2D eigenvalue weighted by Crippen LogP contribution is -2.15. The van der Waals surface area contributed by atoms with Gasteiger partial charge in [-0.25, -0.2) is 13.2 Å². The van der Waals surface area contributed by atoms with Gasteiger partial charge in [0.1, 0.15) is 4.21 Å². The van der Waals surface area contributed by atoms with Gasteiger partial charge in [0.2, 0.25) is 0 Å². The minimum Gasteiger partial charge on any atom is -0.454 e. The molecule has 0 unspecified atom stereocenters. The first-order valence-corrected chi connectivity index (χ1v) is 11.2. The van der Waals surface area contributed by atoms with Gasteiger partial charge < -0.3 is 4.74 Å². The fraction of sp³-hybridized carbons (Fsp3) is 0.0526. The number of anilines is 1. The number of Topliss-reactive ketones (excluding diaryl/α,β-unsaturated/α-hetero) is 1. The molecule has 0 fully saturated rings. The zero-order valence-electron chi connectivity index (χ0n) is 14.6. The van der Waals surface area contributed by atoms with Crippen LogP contribution in [-0.2, 0) is 14.8 Å². The number of ether oxygens (including phenoxy) is 1. The second-order valence-electron chi connectivity index (χ2n) is 5.74. The van der Waals surface area contributed by atoms with Crippen LogP contribution in [0.25, 0.3) is 0 Å². The Morgan fingerprint density at radius 1 is 0.966 bits per heavy atom. The first kappa shape index (κ1) is 21.3. The van der Waals surface area contributed by atoms with E-state index in [2.05, 4.69) is 4.72 Å². The number of halogens is 2. The van der Waals surface area contributed by atoms with Crippen molar-refractivity contribution in [3.8, 4) is 0 Å². The van der Waals surface area contributed by atoms with Gasteiger partial charge in [-0.2, -0.15) is 0 Å². The molecule has 0 aliphatic carbocycles. The van der Waals surface area contributed by atoms with Gasteiger partial charge in [-0.1, -0.05) is 29.3 Å². The van der Waals surface area contributed by atoms with Crippen LogP contribution in [0.3, 0.4) is 0 Å². The molecule has 1 aromatic heterocycles. The highest BCUT2D eigenvalue weighted by atomic mass is 35.5. The van der Waals surface area contributed by atoms with Crippen LogP contribution in [0.5, 0.6) is 0 Å². The third-order valence-corrected chi connectivity index (χ3v) is 7.23. The van der Waals surface area contributed by atoms with Crippen molar-refractivity contribution in [2.24, 2.45) is 0 Å². The minimum absolute atomic E-state index is 0.172. The Bertz CT molecular complexity index is 1140. The molecule has 0 aliphatic heterocycles. The second-order valence-corrected chi connectivity index (χ2v) is 9.41. The molecule has 2 aromatic carbocycles. The summed E-state index contributed by atoms with van der Waals surface area (Å²) in [6.07, 6.45) is 0. The van der Waals surface area contributed by atoms with Crippen molar-refractivity contribution >= 4 is 62.0 Å². The normalized spacial score (nSPS) is 11.1. The molecule has 1 N–H and O–H groups in total. The zero-order chi connectivity index (χ0) is 21.0. The fourth-order valence-corrected chi connectivity index (χ4v) is 4.61. The highest BCUT2D eigenvalue weighted by Gasteiger charge is 2.16. The van der Waals surface area contributed by atoms with Crippen LogP contribution in [0, 0.1) is 0 Å². The number of rotatable bonds is 7. The van der Waals surface area contributed by atoms with Crippen LogP contribution in [0.1, 0.15) is 20.7 Å². The molecule has 0 aliphatic rings. The van der Waals surface area contributed by atoms with Gasteiger partial charge in [0, 0.05) is 11.3 Å². The molecule has 0 saturated heterocycles. The molecule has 0 saturated carbocycles. The maximum atomic E-state index is 12.2. The summed E-state index contributed by atoms with van der Waals surface area (Å²) in [5, 5.41) is 2.20. The molecule has 0 spiro atoms. The Morgan fingerprint density at radius 2 is 1.66 bits per heavy atom. The van der Waals surface area contributed by atoms with Gasteiger partial charge >= 0.3 is 5.97 Å². The van der Waals surface area contributed by atoms with Gasteiger partial charge in [0.15, 0.2) is 12.4 Å². The molecule has 6 nitrogen and oxygen atoms in total. The topological polar surface area (TPSA) is 89.5 Å². The summed E-state index contributed by atoms with van der Waals surface area (Å²) in [5.74, 6) is -1.15. The SMILES string of the molecule is O=C(COC(=O)c1ccc(NS(=O)(=O)c2cccs2)cc1)c1ccc(Cl)c(Cl)c1. The summed E-state index contributed by atoms with van der Waals surface area (Å²) in [4.78, 5) is 24.2. The van der Waals surface area contributed by atoms with Gasteiger partial charge in [0.25, 0.3) is 10.0 Å². The number of carbonyl (C=O) groups excluding carboxylic acids is 2. The van der Waals surface area contributed by atoms with Crippen LogP contribution in [-0.4, -0.2) is 26.8 Å². The quantitative estimate of drug-likeness (QED) is 0.392. The Labute approximate surface area is 181 Å². The molecular formula is C19H13Cl2NO5S2. The number of benzene rings is 2. The number of carbonyl (C=O) groups is 2. The van der Waals surface area contributed by atoms with Gasteiger partial charge in [-0.15, -0.1) is 11.3 Å². The first-order valence-electron chi connectivity index (χ1n) is 8.08. The van der Waals surface area contributed by atoms with Crippen LogP contribution in [0.2, 0.25) is 10.0 Å². The van der Waals surface area contributed by atoms with Gasteiger partial charge in [0.05, 0.1) is 15.6 Å². The molecule has 10 heteroatoms. The molecule has 0 radical (unpaired) electrons. The Morgan fingerprint density at radius 3 is 2.28 bits per heavy atom. The molecule has 1 heterocycles. The maximum absolute atomic E-state index is 12.2. The van der Waals surface area contributed by atoms with E-state index in [1.807, 2.05) is 0 Å². The second kappa shape index (κ2) is 8.96. The van der Waals surface area contributed by atoms with Crippen molar-refractivity contribution in [3.63, 3.8) is 0 Å². The summed E-state index contributed by atoms with van der Waals surface area (Å²) in [5.41, 5.74) is 0.735. The van der Waals surface area contributed by atoms with E-state index in [0.29, 0.717) is 10.7 Å². The molecule has 150 valence electrons. The number of hydrogen-bond acceptors (Lipinski definition) is 6. The summed E-state index contributed by atoms with van der Waals surface area (Å²) in [7, 11) is -3.67. The highest BCUT2D eigenvalue weighted by Crippen LogP contribution is 2.23. The van der Waals surface area contributed by atoms with E-state index in [9.17, 15) is 18.0 Å². The van der Waals surface area contributed by atoms with Crippen LogP contribution in [0.15, 0.2) is 64.2 Å². The average molecular weight is 470 g/mol. The van der Waals surface area contributed by atoms with E-state index in [1.165, 1.54) is 48.5 Å². The summed E-state index contributed by atoms with van der Waals surface area (Å²) >= 11 is 12.8. The average Bonchev–Trinajstić information content (AvgIpc) is 3.24. The third kappa shape index (κ3) is 5.36. The van der Waals surface area contributed by atoms with E-state index in [1.54, 1.807) is 11.4 Å². The lowest BCUT2D eigenvalue weighted by molar-refractivity contribution is 0.0475. The van der Waals surface area contributed by atoms with Crippen molar-refractivity contribution in [2.75, 3.05) is 11.3 Å². The summed E-state index contributed by atoms with van der Waals surface area (Å²) in [6.45, 7) is -0.469. The van der Waals surface area contributed by atoms with Crippen molar-refractivity contribution in [1.29, 1.82) is 0 Å². The Kier molecular flexibility index (Phi) is 6.59. The van der Waals surface area contributed by atoms with E-state index < -0.39 is 28.4 Å². The summed E-state index contributed by atoms with van der Waals surface area (Å²) < 4.78 is 32.0. The smallest absolute Gasteiger partial charge is 0.338 e. The summed E-state index contributed by atoms with van der Waals surface area (Å²) in [6, 6.07) is 13.2. The molecular weight excluding hydrogens is 457 g/mol. The van der Waals surface area contributed by atoms with E-state index >= 15 is 0 Å². The largest absolute Gasteiger partial charge is 0.454 e. The molecule has 0 bridgehead atoms. The van der Waals surface area contributed by atoms with Gasteiger partial charge in [-0.05, 0) is 53.9 Å². The molecule has 0 atom stereocenters. The standard InChI is InChI=1S/C19H13Cl2NO5S2/c20-15-8-5-13(10-16(15)21)17(23)11-27-19(24)12-3-6-14(7-4-12)22-29(25,26)18-2-1-9-28-18/h1-10,22H,11H2. The zero-order valence-corrected chi connectivity index (χ0v) is 17.7. The highest BCUT2D eigenvalue weighted by molar-refractivity contribution is 7.94. The predicted octanol–water partition coefficient (Wildman–Crippen LogP) is 4.90. The number of thiophene rings is 1. The van der Waals surface area contributed by atoms with Crippen LogP contribution < -0.4 is 4.72 Å².